The summed E-state index contributed by atoms with van der Waals surface area (Å²) in [4.78, 5) is 28.3. The van der Waals surface area contributed by atoms with Crippen molar-refractivity contribution < 1.29 is 4.79 Å². The molecule has 0 atom stereocenters. The third-order valence-corrected chi connectivity index (χ3v) is 5.62. The smallest absolute Gasteiger partial charge is 0.264 e. The molecule has 0 saturated heterocycles. The largest absolute Gasteiger partial charge is 0.361 e. The van der Waals surface area contributed by atoms with Gasteiger partial charge in [0.05, 0.1) is 11.3 Å². The number of thiophene rings is 1. The molecule has 30 heavy (non-hydrogen) atoms. The first-order valence-corrected chi connectivity index (χ1v) is 10.2. The fourth-order valence-corrected chi connectivity index (χ4v) is 4.08. The number of aromatic amines is 1. The number of benzene rings is 1. The van der Waals surface area contributed by atoms with Gasteiger partial charge in [0.15, 0.2) is 0 Å². The second kappa shape index (κ2) is 7.16. The fraction of sp³-hybridized carbons (Fsp3) is 0.0455. The van der Waals surface area contributed by atoms with Gasteiger partial charge in [-0.2, -0.15) is 11.3 Å². The van der Waals surface area contributed by atoms with Gasteiger partial charge in [0.1, 0.15) is 5.82 Å². The number of H-pyrrole nitrogens is 1. The minimum Gasteiger partial charge on any atom is -0.361 e. The Kier molecular flexibility index (Phi) is 4.33. The lowest BCUT2D eigenvalue weighted by molar-refractivity contribution is -0.110. The van der Waals surface area contributed by atoms with Gasteiger partial charge in [-0.15, -0.1) is 0 Å². The number of carbonyl (C=O) groups excluding carboxylic acids is 1. The van der Waals surface area contributed by atoms with Crippen molar-refractivity contribution in [3.8, 4) is 16.8 Å². The molecule has 1 aliphatic rings. The average Bonchev–Trinajstić information content (AvgIpc) is 3.45. The molecule has 5 rings (SSSR count). The number of aromatic nitrogens is 3. The molecule has 1 aromatic carbocycles. The Labute approximate surface area is 175 Å². The van der Waals surface area contributed by atoms with E-state index >= 15 is 0 Å². The molecule has 4 heterocycles. The Hall–Kier alpha value is -3.91. The van der Waals surface area contributed by atoms with Gasteiger partial charge < -0.3 is 10.6 Å². The van der Waals surface area contributed by atoms with Crippen molar-refractivity contribution in [3.63, 3.8) is 0 Å². The molecule has 4 aromatic rings. The number of nitrogens with zero attached hydrogens (tertiary/aromatic N) is 2. The summed E-state index contributed by atoms with van der Waals surface area (Å²) in [5.74, 6) is 0.374. The summed E-state index contributed by atoms with van der Waals surface area (Å²) < 4.78 is 1.73. The lowest BCUT2D eigenvalue weighted by Gasteiger charge is -2.07. The molecule has 1 amide bonds. The predicted octanol–water partition coefficient (Wildman–Crippen LogP) is 4.00. The first-order chi connectivity index (χ1) is 14.6. The summed E-state index contributed by atoms with van der Waals surface area (Å²) in [6.45, 7) is 1.86. The molecule has 0 radical (unpaired) electrons. The minimum atomic E-state index is -0.190. The molecule has 0 fully saturated rings. The predicted molar refractivity (Wildman–Crippen MR) is 119 cm³/mol. The Morgan fingerprint density at radius 1 is 1.10 bits per heavy atom. The third kappa shape index (κ3) is 3.23. The number of rotatable bonds is 4. The molecule has 0 saturated carbocycles. The zero-order valence-corrected chi connectivity index (χ0v) is 16.8. The van der Waals surface area contributed by atoms with Crippen LogP contribution in [0.15, 0.2) is 70.4 Å². The Bertz CT molecular complexity index is 1330. The normalized spacial score (nSPS) is 14.0. The summed E-state index contributed by atoms with van der Waals surface area (Å²) in [7, 11) is 0. The van der Waals surface area contributed by atoms with E-state index in [1.54, 1.807) is 34.5 Å². The van der Waals surface area contributed by atoms with E-state index in [0.29, 0.717) is 11.4 Å². The molecular formula is C22H17N5O2S. The van der Waals surface area contributed by atoms with Crippen molar-refractivity contribution in [1.82, 2.24) is 14.8 Å². The van der Waals surface area contributed by atoms with Crippen LogP contribution >= 0.6 is 11.3 Å². The van der Waals surface area contributed by atoms with Crippen molar-refractivity contribution in [3.05, 3.63) is 87.2 Å². The number of pyridine rings is 1. The number of aryl methyl sites for hydroxylation is 1. The zero-order valence-electron chi connectivity index (χ0n) is 16.0. The quantitative estimate of drug-likeness (QED) is 0.439. The standard InChI is InChI=1S/C22H17N5O2S/c1-13-8-20(28)26-27(13)17-4-2-16(3-5-17)23-11-19-18-9-15(14-6-7-30-12-14)10-24-21(18)25-22(19)29/h2-12,23H,1H3,(H,26,28)(H,24,25,29). The molecule has 1 aliphatic heterocycles. The molecule has 0 aliphatic carbocycles. The number of hydrogen-bond donors (Lipinski definition) is 3. The van der Waals surface area contributed by atoms with Gasteiger partial charge in [0.25, 0.3) is 11.5 Å². The molecule has 8 heteroatoms. The first kappa shape index (κ1) is 18.1. The maximum absolute atomic E-state index is 12.4. The van der Waals surface area contributed by atoms with Gasteiger partial charge in [0, 0.05) is 41.0 Å². The fourth-order valence-electron chi connectivity index (χ4n) is 3.41. The van der Waals surface area contributed by atoms with Gasteiger partial charge in [-0.05, 0) is 59.6 Å². The summed E-state index contributed by atoms with van der Waals surface area (Å²) in [6.07, 6.45) is 3.46. The number of hydrogen-bond acceptors (Lipinski definition) is 5. The van der Waals surface area contributed by atoms with Crippen molar-refractivity contribution in [1.29, 1.82) is 0 Å². The van der Waals surface area contributed by atoms with Gasteiger partial charge >= 0.3 is 0 Å². The maximum Gasteiger partial charge on any atom is 0.264 e. The summed E-state index contributed by atoms with van der Waals surface area (Å²) >= 11 is 1.62. The van der Waals surface area contributed by atoms with Crippen molar-refractivity contribution in [2.45, 2.75) is 6.92 Å². The van der Waals surface area contributed by atoms with Crippen LogP contribution in [0.25, 0.3) is 22.4 Å². The Morgan fingerprint density at radius 3 is 2.63 bits per heavy atom. The van der Waals surface area contributed by atoms with Gasteiger partial charge in [-0.25, -0.2) is 4.98 Å². The second-order valence-corrected chi connectivity index (χ2v) is 7.71. The molecule has 0 spiro atoms. The summed E-state index contributed by atoms with van der Waals surface area (Å²) in [6, 6.07) is 13.1. The maximum atomic E-state index is 12.4. The molecule has 148 valence electrons. The lowest BCUT2D eigenvalue weighted by atomic mass is 10.1. The highest BCUT2D eigenvalue weighted by atomic mass is 32.1. The van der Waals surface area contributed by atoms with Crippen LogP contribution in [-0.2, 0) is 4.79 Å². The molecular weight excluding hydrogens is 398 g/mol. The second-order valence-electron chi connectivity index (χ2n) is 6.93. The van der Waals surface area contributed by atoms with Crippen LogP contribution in [0.1, 0.15) is 11.3 Å². The molecule has 3 aromatic heterocycles. The van der Waals surface area contributed by atoms with Crippen LogP contribution < -0.4 is 16.2 Å². The Balaban J connectivity index is 1.41. The highest BCUT2D eigenvalue weighted by Gasteiger charge is 2.26. The van der Waals surface area contributed by atoms with E-state index in [2.05, 4.69) is 26.1 Å². The summed E-state index contributed by atoms with van der Waals surface area (Å²) in [5.41, 5.74) is 5.71. The minimum absolute atomic E-state index is 0.138. The number of amides is 1. The topological polar surface area (TPSA) is 91.8 Å². The van der Waals surface area contributed by atoms with E-state index in [1.165, 1.54) is 0 Å². The van der Waals surface area contributed by atoms with Crippen LogP contribution in [0.2, 0.25) is 0 Å². The van der Waals surface area contributed by atoms with Crippen LogP contribution in [0.3, 0.4) is 0 Å². The number of fused-ring (bicyclic) bond motifs is 1. The molecule has 7 nitrogen and oxygen atoms in total. The molecule has 0 unspecified atom stereocenters. The number of anilines is 2. The average molecular weight is 415 g/mol. The van der Waals surface area contributed by atoms with E-state index in [0.717, 1.165) is 33.8 Å². The summed E-state index contributed by atoms with van der Waals surface area (Å²) in [5, 5.41) is 12.8. The Morgan fingerprint density at radius 2 is 1.93 bits per heavy atom. The van der Waals surface area contributed by atoms with E-state index in [-0.39, 0.29) is 11.5 Å². The van der Waals surface area contributed by atoms with E-state index in [1.807, 2.05) is 48.7 Å². The number of nitrogens with one attached hydrogen (secondary N) is 3. The SMILES string of the molecule is Cc1cc(=O)[nH]n1-c1ccc(NC=C2C(=O)Nc3ncc(-c4ccsc4)cc32)cc1. The van der Waals surface area contributed by atoms with E-state index in [9.17, 15) is 9.59 Å². The molecule has 3 N–H and O–H groups in total. The van der Waals surface area contributed by atoms with E-state index in [4.69, 9.17) is 0 Å². The van der Waals surface area contributed by atoms with Crippen molar-refractivity contribution in [2.75, 3.05) is 10.6 Å². The lowest BCUT2D eigenvalue weighted by Crippen LogP contribution is -2.06. The van der Waals surface area contributed by atoms with Crippen LogP contribution in [0.4, 0.5) is 11.5 Å². The van der Waals surface area contributed by atoms with Crippen LogP contribution in [-0.4, -0.2) is 20.7 Å². The zero-order chi connectivity index (χ0) is 20.7. The van der Waals surface area contributed by atoms with Crippen molar-refractivity contribution >= 4 is 34.3 Å². The molecule has 0 bridgehead atoms. The third-order valence-electron chi connectivity index (χ3n) is 4.93. The number of carbonyl (C=O) groups is 1. The van der Waals surface area contributed by atoms with Gasteiger partial charge in [-0.3, -0.25) is 19.4 Å². The van der Waals surface area contributed by atoms with Crippen molar-refractivity contribution in [2.24, 2.45) is 0 Å². The highest BCUT2D eigenvalue weighted by molar-refractivity contribution is 7.08. The van der Waals surface area contributed by atoms with E-state index < -0.39 is 0 Å². The first-order valence-electron chi connectivity index (χ1n) is 9.29. The monoisotopic (exact) mass is 415 g/mol. The highest BCUT2D eigenvalue weighted by Crippen LogP contribution is 2.34. The van der Waals surface area contributed by atoms with Crippen LogP contribution in [0, 0.1) is 6.92 Å². The van der Waals surface area contributed by atoms with Crippen LogP contribution in [0.5, 0.6) is 0 Å². The van der Waals surface area contributed by atoms with Gasteiger partial charge in [0.2, 0.25) is 0 Å². The van der Waals surface area contributed by atoms with Gasteiger partial charge in [-0.1, -0.05) is 0 Å².